The summed E-state index contributed by atoms with van der Waals surface area (Å²) in [7, 11) is 0. The van der Waals surface area contributed by atoms with Crippen molar-refractivity contribution < 1.29 is 9.90 Å². The summed E-state index contributed by atoms with van der Waals surface area (Å²) in [5.74, 6) is -1.00. The van der Waals surface area contributed by atoms with Crippen LogP contribution in [0.4, 0.5) is 17.1 Å². The van der Waals surface area contributed by atoms with Crippen molar-refractivity contribution in [2.45, 2.75) is 6.92 Å². The molecule has 2 aromatic carbocycles. The van der Waals surface area contributed by atoms with Gasteiger partial charge in [-0.2, -0.15) is 0 Å². The van der Waals surface area contributed by atoms with Gasteiger partial charge in [0.2, 0.25) is 0 Å². The van der Waals surface area contributed by atoms with Crippen molar-refractivity contribution in [2.24, 2.45) is 0 Å². The zero-order chi connectivity index (χ0) is 13.1. The number of para-hydroxylation sites is 1. The second-order valence-corrected chi connectivity index (χ2v) is 4.07. The average Bonchev–Trinajstić information content (AvgIpc) is 2.31. The Kier molecular flexibility index (Phi) is 3.19. The highest BCUT2D eigenvalue weighted by Gasteiger charge is 2.12. The minimum Gasteiger partial charge on any atom is -0.478 e. The van der Waals surface area contributed by atoms with Crippen molar-refractivity contribution in [1.82, 2.24) is 0 Å². The molecule has 4 N–H and O–H groups in total. The lowest BCUT2D eigenvalue weighted by Crippen LogP contribution is -2.05. The largest absolute Gasteiger partial charge is 0.478 e. The van der Waals surface area contributed by atoms with Crippen LogP contribution >= 0.6 is 0 Å². The van der Waals surface area contributed by atoms with Crippen molar-refractivity contribution in [3.63, 3.8) is 0 Å². The molecule has 0 fully saturated rings. The van der Waals surface area contributed by atoms with Crippen molar-refractivity contribution in [2.75, 3.05) is 11.1 Å². The number of nitrogen functional groups attached to an aromatic ring is 1. The molecular weight excluding hydrogens is 228 g/mol. The van der Waals surface area contributed by atoms with Gasteiger partial charge < -0.3 is 16.2 Å². The number of nitrogens with one attached hydrogen (secondary N) is 1. The van der Waals surface area contributed by atoms with Gasteiger partial charge in [-0.3, -0.25) is 0 Å². The number of benzene rings is 2. The van der Waals surface area contributed by atoms with E-state index in [2.05, 4.69) is 5.32 Å². The van der Waals surface area contributed by atoms with Crippen LogP contribution in [0.15, 0.2) is 42.5 Å². The summed E-state index contributed by atoms with van der Waals surface area (Å²) < 4.78 is 0. The molecule has 4 nitrogen and oxygen atoms in total. The van der Waals surface area contributed by atoms with E-state index in [4.69, 9.17) is 10.8 Å². The van der Waals surface area contributed by atoms with Crippen LogP contribution in [0.5, 0.6) is 0 Å². The van der Waals surface area contributed by atoms with Gasteiger partial charge >= 0.3 is 5.97 Å². The van der Waals surface area contributed by atoms with E-state index >= 15 is 0 Å². The number of aryl methyl sites for hydroxylation is 1. The van der Waals surface area contributed by atoms with E-state index in [9.17, 15) is 4.79 Å². The fourth-order valence-corrected chi connectivity index (χ4v) is 1.76. The zero-order valence-electron chi connectivity index (χ0n) is 9.97. The van der Waals surface area contributed by atoms with Gasteiger partial charge in [0, 0.05) is 5.69 Å². The van der Waals surface area contributed by atoms with E-state index in [1.807, 2.05) is 31.2 Å². The van der Waals surface area contributed by atoms with Gasteiger partial charge in [0.1, 0.15) is 0 Å². The van der Waals surface area contributed by atoms with E-state index in [0.717, 1.165) is 11.3 Å². The Morgan fingerprint density at radius 1 is 1.22 bits per heavy atom. The molecule has 18 heavy (non-hydrogen) atoms. The fourth-order valence-electron chi connectivity index (χ4n) is 1.76. The highest BCUT2D eigenvalue weighted by atomic mass is 16.4. The number of carbonyl (C=O) groups is 1. The Bertz CT molecular complexity index is 594. The highest BCUT2D eigenvalue weighted by molar-refractivity contribution is 5.98. The smallest absolute Gasteiger partial charge is 0.337 e. The quantitative estimate of drug-likeness (QED) is 0.723. The standard InChI is InChI=1S/C14H14N2O2/c1-9-4-2-5-10(8-9)16-13-11(14(17)18)6-3-7-12(13)15/h2-8,16H,15H2,1H3,(H,17,18). The number of hydrogen-bond acceptors (Lipinski definition) is 3. The van der Waals surface area contributed by atoms with Gasteiger partial charge in [-0.15, -0.1) is 0 Å². The molecule has 4 heteroatoms. The molecule has 0 aliphatic rings. The third-order valence-electron chi connectivity index (χ3n) is 2.61. The van der Waals surface area contributed by atoms with Crippen LogP contribution in [0.1, 0.15) is 15.9 Å². The average molecular weight is 242 g/mol. The van der Waals surface area contributed by atoms with Crippen LogP contribution in [0, 0.1) is 6.92 Å². The Hall–Kier alpha value is -2.49. The molecule has 92 valence electrons. The predicted molar refractivity (Wildman–Crippen MR) is 72.3 cm³/mol. The lowest BCUT2D eigenvalue weighted by atomic mass is 10.1. The van der Waals surface area contributed by atoms with Crippen LogP contribution in [0.3, 0.4) is 0 Å². The summed E-state index contributed by atoms with van der Waals surface area (Å²) in [6, 6.07) is 12.5. The molecule has 0 radical (unpaired) electrons. The first kappa shape index (κ1) is 12.0. The van der Waals surface area contributed by atoms with Gasteiger partial charge in [0.15, 0.2) is 0 Å². The minimum atomic E-state index is -1.00. The summed E-state index contributed by atoms with van der Waals surface area (Å²) in [4.78, 5) is 11.1. The van der Waals surface area contributed by atoms with E-state index < -0.39 is 5.97 Å². The first-order chi connectivity index (χ1) is 8.58. The normalized spacial score (nSPS) is 10.1. The third-order valence-corrected chi connectivity index (χ3v) is 2.61. The summed E-state index contributed by atoms with van der Waals surface area (Å²) in [6.45, 7) is 1.97. The molecule has 0 amide bonds. The number of hydrogen-bond donors (Lipinski definition) is 3. The number of rotatable bonds is 3. The second kappa shape index (κ2) is 4.79. The Morgan fingerprint density at radius 2 is 1.94 bits per heavy atom. The third kappa shape index (κ3) is 2.43. The van der Waals surface area contributed by atoms with Gasteiger partial charge in [-0.05, 0) is 36.8 Å². The maximum Gasteiger partial charge on any atom is 0.337 e. The van der Waals surface area contributed by atoms with E-state index in [-0.39, 0.29) is 5.56 Å². The van der Waals surface area contributed by atoms with E-state index in [1.165, 1.54) is 6.07 Å². The summed E-state index contributed by atoms with van der Waals surface area (Å²) >= 11 is 0. The first-order valence-electron chi connectivity index (χ1n) is 5.53. The van der Waals surface area contributed by atoms with Crippen molar-refractivity contribution in [3.05, 3.63) is 53.6 Å². The van der Waals surface area contributed by atoms with Crippen LogP contribution in [0.25, 0.3) is 0 Å². The van der Waals surface area contributed by atoms with E-state index in [0.29, 0.717) is 11.4 Å². The topological polar surface area (TPSA) is 75.3 Å². The Morgan fingerprint density at radius 3 is 2.61 bits per heavy atom. The molecule has 0 atom stereocenters. The molecule has 0 saturated heterocycles. The molecule has 0 saturated carbocycles. The molecule has 0 bridgehead atoms. The number of nitrogens with two attached hydrogens (primary N) is 1. The molecule has 0 heterocycles. The number of carboxylic acid groups (broad SMARTS) is 1. The monoisotopic (exact) mass is 242 g/mol. The van der Waals surface area contributed by atoms with Crippen molar-refractivity contribution >= 4 is 23.0 Å². The van der Waals surface area contributed by atoms with Gasteiger partial charge in [0.05, 0.1) is 16.9 Å². The Labute approximate surface area is 105 Å². The van der Waals surface area contributed by atoms with Crippen LogP contribution < -0.4 is 11.1 Å². The minimum absolute atomic E-state index is 0.163. The summed E-state index contributed by atoms with van der Waals surface area (Å²) in [5, 5.41) is 12.2. The van der Waals surface area contributed by atoms with Crippen molar-refractivity contribution in [1.29, 1.82) is 0 Å². The van der Waals surface area contributed by atoms with Crippen molar-refractivity contribution in [3.8, 4) is 0 Å². The maximum absolute atomic E-state index is 11.1. The second-order valence-electron chi connectivity index (χ2n) is 4.07. The lowest BCUT2D eigenvalue weighted by molar-refractivity contribution is 0.0698. The van der Waals surface area contributed by atoms with Gasteiger partial charge in [-0.25, -0.2) is 4.79 Å². The maximum atomic E-state index is 11.1. The number of aromatic carboxylic acids is 1. The van der Waals surface area contributed by atoms with Gasteiger partial charge in [-0.1, -0.05) is 18.2 Å². The lowest BCUT2D eigenvalue weighted by Gasteiger charge is -2.12. The van der Waals surface area contributed by atoms with Crippen LogP contribution in [-0.4, -0.2) is 11.1 Å². The van der Waals surface area contributed by atoms with Crippen LogP contribution in [-0.2, 0) is 0 Å². The summed E-state index contributed by atoms with van der Waals surface area (Å²) in [5.41, 5.74) is 8.73. The Balaban J connectivity index is 2.42. The molecule has 0 aromatic heterocycles. The summed E-state index contributed by atoms with van der Waals surface area (Å²) in [6.07, 6.45) is 0. The molecule has 0 aliphatic carbocycles. The SMILES string of the molecule is Cc1cccc(Nc2c(N)cccc2C(=O)O)c1. The molecule has 2 aromatic rings. The fraction of sp³-hybridized carbons (Fsp3) is 0.0714. The molecule has 2 rings (SSSR count). The number of anilines is 3. The molecular formula is C14H14N2O2. The molecule has 0 spiro atoms. The molecule has 0 unspecified atom stereocenters. The molecule has 0 aliphatic heterocycles. The van der Waals surface area contributed by atoms with Gasteiger partial charge in [0.25, 0.3) is 0 Å². The number of carboxylic acids is 1. The first-order valence-corrected chi connectivity index (χ1v) is 5.53. The highest BCUT2D eigenvalue weighted by Crippen LogP contribution is 2.27. The predicted octanol–water partition coefficient (Wildman–Crippen LogP) is 3.02. The van der Waals surface area contributed by atoms with Crippen LogP contribution in [0.2, 0.25) is 0 Å². The van der Waals surface area contributed by atoms with E-state index in [1.54, 1.807) is 12.1 Å². The zero-order valence-corrected chi connectivity index (χ0v) is 9.97.